The van der Waals surface area contributed by atoms with Crippen LogP contribution in [-0.4, -0.2) is 39.0 Å². The Balaban J connectivity index is 1.68. The van der Waals surface area contributed by atoms with Crippen LogP contribution < -0.4 is 10.9 Å². The molecule has 1 aromatic rings. The maximum Gasteiger partial charge on any atom is 0.267 e. The minimum atomic E-state index is -0.369. The standard InChI is InChI=1S/C12H15N3O3S/c16-8-3-7(4-8)5-13-10(17)9-6-14-12-15(11(9)18)1-2-19-12/h6-8,16H,1-5H2,(H,13,17). The lowest BCUT2D eigenvalue weighted by atomic mass is 9.82. The Morgan fingerprint density at radius 1 is 1.58 bits per heavy atom. The number of aliphatic hydroxyl groups excluding tert-OH is 1. The average molecular weight is 281 g/mol. The van der Waals surface area contributed by atoms with Crippen LogP contribution in [0.25, 0.3) is 0 Å². The normalized spacial score (nSPS) is 24.7. The first-order valence-electron chi connectivity index (χ1n) is 6.34. The van der Waals surface area contributed by atoms with Crippen LogP contribution in [0.4, 0.5) is 0 Å². The van der Waals surface area contributed by atoms with Gasteiger partial charge in [-0.1, -0.05) is 11.8 Å². The lowest BCUT2D eigenvalue weighted by molar-refractivity contribution is 0.0420. The summed E-state index contributed by atoms with van der Waals surface area (Å²) in [6, 6.07) is 0. The Morgan fingerprint density at radius 3 is 3.11 bits per heavy atom. The molecule has 0 spiro atoms. The molecule has 1 fully saturated rings. The number of carbonyl (C=O) groups is 1. The third kappa shape index (κ3) is 2.40. The van der Waals surface area contributed by atoms with Crippen molar-refractivity contribution in [2.75, 3.05) is 12.3 Å². The van der Waals surface area contributed by atoms with Gasteiger partial charge in [-0.2, -0.15) is 0 Å². The summed E-state index contributed by atoms with van der Waals surface area (Å²) in [7, 11) is 0. The number of thioether (sulfide) groups is 1. The largest absolute Gasteiger partial charge is 0.393 e. The van der Waals surface area contributed by atoms with Crippen LogP contribution in [0.15, 0.2) is 16.1 Å². The van der Waals surface area contributed by atoms with E-state index < -0.39 is 0 Å². The van der Waals surface area contributed by atoms with E-state index in [1.807, 2.05) is 0 Å². The number of aliphatic hydroxyl groups is 1. The number of amides is 1. The minimum absolute atomic E-state index is 0.103. The fraction of sp³-hybridized carbons (Fsp3) is 0.583. The van der Waals surface area contributed by atoms with Gasteiger partial charge < -0.3 is 10.4 Å². The zero-order valence-corrected chi connectivity index (χ0v) is 11.2. The summed E-state index contributed by atoms with van der Waals surface area (Å²) in [5.74, 6) is 0.776. The number of nitrogens with one attached hydrogen (secondary N) is 1. The highest BCUT2D eigenvalue weighted by atomic mass is 32.2. The van der Waals surface area contributed by atoms with Crippen molar-refractivity contribution in [2.45, 2.75) is 30.6 Å². The highest BCUT2D eigenvalue weighted by Gasteiger charge is 2.28. The van der Waals surface area contributed by atoms with Gasteiger partial charge in [-0.3, -0.25) is 14.2 Å². The highest BCUT2D eigenvalue weighted by molar-refractivity contribution is 7.99. The quantitative estimate of drug-likeness (QED) is 0.753. The Labute approximate surface area is 114 Å². The van der Waals surface area contributed by atoms with E-state index in [9.17, 15) is 14.7 Å². The predicted molar refractivity (Wildman–Crippen MR) is 70.3 cm³/mol. The summed E-state index contributed by atoms with van der Waals surface area (Å²) in [5, 5.41) is 12.6. The summed E-state index contributed by atoms with van der Waals surface area (Å²) in [6.45, 7) is 1.12. The lowest BCUT2D eigenvalue weighted by Gasteiger charge is -2.31. The third-order valence-electron chi connectivity index (χ3n) is 3.56. The Hall–Kier alpha value is -1.34. The van der Waals surface area contributed by atoms with Crippen molar-refractivity contribution in [3.8, 4) is 0 Å². The predicted octanol–water partition coefficient (Wildman–Crippen LogP) is -0.150. The van der Waals surface area contributed by atoms with Crippen LogP contribution in [0.1, 0.15) is 23.2 Å². The second-order valence-electron chi connectivity index (χ2n) is 4.96. The number of fused-ring (bicyclic) bond motifs is 1. The zero-order chi connectivity index (χ0) is 13.4. The molecule has 102 valence electrons. The maximum atomic E-state index is 12.1. The molecule has 6 nitrogen and oxygen atoms in total. The molecule has 0 aromatic carbocycles. The van der Waals surface area contributed by atoms with Gasteiger partial charge in [0.1, 0.15) is 5.56 Å². The zero-order valence-electron chi connectivity index (χ0n) is 10.3. The SMILES string of the molecule is O=C(NCC1CC(O)C1)c1cnc2n(c1=O)CCS2. The van der Waals surface area contributed by atoms with Crippen LogP contribution >= 0.6 is 11.8 Å². The van der Waals surface area contributed by atoms with Crippen LogP contribution in [0, 0.1) is 5.92 Å². The molecule has 1 saturated carbocycles. The molecule has 0 saturated heterocycles. The maximum absolute atomic E-state index is 12.1. The number of hydrogen-bond donors (Lipinski definition) is 2. The summed E-state index contributed by atoms with van der Waals surface area (Å²) in [4.78, 5) is 28.2. The van der Waals surface area contributed by atoms with E-state index in [-0.39, 0.29) is 23.1 Å². The van der Waals surface area contributed by atoms with Crippen LogP contribution in [0.2, 0.25) is 0 Å². The number of aromatic nitrogens is 2. The van der Waals surface area contributed by atoms with Crippen LogP contribution in [0.3, 0.4) is 0 Å². The fourth-order valence-electron chi connectivity index (χ4n) is 2.37. The topological polar surface area (TPSA) is 84.2 Å². The molecule has 0 radical (unpaired) electrons. The molecule has 2 N–H and O–H groups in total. The second kappa shape index (κ2) is 4.97. The lowest BCUT2D eigenvalue weighted by Crippen LogP contribution is -2.40. The smallest absolute Gasteiger partial charge is 0.267 e. The van der Waals surface area contributed by atoms with Gasteiger partial charge in [-0.15, -0.1) is 0 Å². The molecular weight excluding hydrogens is 266 g/mol. The first-order chi connectivity index (χ1) is 9.15. The van der Waals surface area contributed by atoms with Gasteiger partial charge >= 0.3 is 0 Å². The monoisotopic (exact) mass is 281 g/mol. The van der Waals surface area contributed by atoms with Crippen molar-refractivity contribution < 1.29 is 9.90 Å². The van der Waals surface area contributed by atoms with Crippen LogP contribution in [-0.2, 0) is 6.54 Å². The van der Waals surface area contributed by atoms with E-state index in [1.165, 1.54) is 18.0 Å². The van der Waals surface area contributed by atoms with E-state index in [2.05, 4.69) is 10.3 Å². The molecule has 1 amide bonds. The van der Waals surface area contributed by atoms with Crippen molar-refractivity contribution in [3.05, 3.63) is 22.1 Å². The van der Waals surface area contributed by atoms with Gasteiger partial charge in [0.05, 0.1) is 6.10 Å². The fourth-order valence-corrected chi connectivity index (χ4v) is 3.29. The van der Waals surface area contributed by atoms with Crippen molar-refractivity contribution in [1.29, 1.82) is 0 Å². The van der Waals surface area contributed by atoms with Crippen molar-refractivity contribution in [3.63, 3.8) is 0 Å². The summed E-state index contributed by atoms with van der Waals surface area (Å²) in [5.41, 5.74) is -0.160. The third-order valence-corrected chi connectivity index (χ3v) is 4.53. The number of rotatable bonds is 3. The first-order valence-corrected chi connectivity index (χ1v) is 7.32. The highest BCUT2D eigenvalue weighted by Crippen LogP contribution is 2.26. The number of nitrogens with zero attached hydrogens (tertiary/aromatic N) is 2. The molecule has 7 heteroatoms. The van der Waals surface area contributed by atoms with E-state index in [1.54, 1.807) is 4.57 Å². The molecule has 0 bridgehead atoms. The molecule has 19 heavy (non-hydrogen) atoms. The van der Waals surface area contributed by atoms with Crippen molar-refractivity contribution in [1.82, 2.24) is 14.9 Å². The Morgan fingerprint density at radius 2 is 2.37 bits per heavy atom. The van der Waals surface area contributed by atoms with Gasteiger partial charge in [0.2, 0.25) is 0 Å². The van der Waals surface area contributed by atoms with E-state index in [4.69, 9.17) is 0 Å². The second-order valence-corrected chi connectivity index (χ2v) is 6.02. The Kier molecular flexibility index (Phi) is 3.32. The molecular formula is C12H15N3O3S. The van der Waals surface area contributed by atoms with Crippen molar-refractivity contribution >= 4 is 17.7 Å². The molecule has 1 aliphatic carbocycles. The molecule has 1 aromatic heterocycles. The van der Waals surface area contributed by atoms with Gasteiger partial charge in [0, 0.05) is 25.0 Å². The van der Waals surface area contributed by atoms with E-state index >= 15 is 0 Å². The number of carbonyl (C=O) groups excluding carboxylic acids is 1. The van der Waals surface area contributed by atoms with E-state index in [0.29, 0.717) is 24.2 Å². The van der Waals surface area contributed by atoms with Gasteiger partial charge in [-0.05, 0) is 18.8 Å². The van der Waals surface area contributed by atoms with Crippen molar-refractivity contribution in [2.24, 2.45) is 5.92 Å². The molecule has 0 atom stereocenters. The summed E-state index contributed by atoms with van der Waals surface area (Å²) in [6.07, 6.45) is 2.57. The first kappa shape index (κ1) is 12.7. The molecule has 2 heterocycles. The molecule has 1 aliphatic heterocycles. The number of hydrogen-bond acceptors (Lipinski definition) is 5. The summed E-state index contributed by atoms with van der Waals surface area (Å²) >= 11 is 1.53. The van der Waals surface area contributed by atoms with Gasteiger partial charge in [-0.25, -0.2) is 4.98 Å². The van der Waals surface area contributed by atoms with E-state index in [0.717, 1.165) is 18.6 Å². The van der Waals surface area contributed by atoms with Gasteiger partial charge in [0.15, 0.2) is 5.16 Å². The minimum Gasteiger partial charge on any atom is -0.393 e. The average Bonchev–Trinajstić information content (AvgIpc) is 2.82. The summed E-state index contributed by atoms with van der Waals surface area (Å²) < 4.78 is 1.55. The Bertz CT molecular complexity index is 566. The molecule has 3 rings (SSSR count). The van der Waals surface area contributed by atoms with Crippen LogP contribution in [0.5, 0.6) is 0 Å². The molecule has 2 aliphatic rings. The van der Waals surface area contributed by atoms with Gasteiger partial charge in [0.25, 0.3) is 11.5 Å². The molecule has 0 unspecified atom stereocenters.